The van der Waals surface area contributed by atoms with Gasteiger partial charge >= 0.3 is 11.9 Å². The van der Waals surface area contributed by atoms with E-state index in [2.05, 4.69) is 0 Å². The van der Waals surface area contributed by atoms with E-state index < -0.39 is 18.0 Å². The van der Waals surface area contributed by atoms with E-state index in [1.54, 1.807) is 30.3 Å². The summed E-state index contributed by atoms with van der Waals surface area (Å²) >= 11 is 0. The minimum absolute atomic E-state index is 0.0516. The van der Waals surface area contributed by atoms with Gasteiger partial charge in [-0.1, -0.05) is 18.2 Å². The summed E-state index contributed by atoms with van der Waals surface area (Å²) in [4.78, 5) is 22.2. The molecule has 0 saturated carbocycles. The van der Waals surface area contributed by atoms with Crippen LogP contribution in [0.2, 0.25) is 0 Å². The predicted octanol–water partition coefficient (Wildman–Crippen LogP) is 1.32. The third kappa shape index (κ3) is 2.48. The molecule has 0 N–H and O–H groups in total. The molecule has 16 heavy (non-hydrogen) atoms. The summed E-state index contributed by atoms with van der Waals surface area (Å²) in [5, 5.41) is 0. The van der Waals surface area contributed by atoms with Crippen LogP contribution in [-0.4, -0.2) is 24.6 Å². The van der Waals surface area contributed by atoms with Crippen LogP contribution in [0, 0.1) is 0 Å². The van der Waals surface area contributed by atoms with Crippen LogP contribution in [0.4, 0.5) is 0 Å². The normalized spacial score (nSPS) is 18.2. The van der Waals surface area contributed by atoms with Crippen molar-refractivity contribution < 1.29 is 19.1 Å². The van der Waals surface area contributed by atoms with Crippen LogP contribution in [0.3, 0.4) is 0 Å². The fraction of sp³-hybridized carbons (Fsp3) is 0.167. The zero-order valence-corrected chi connectivity index (χ0v) is 8.46. The molecule has 0 aliphatic carbocycles. The highest BCUT2D eigenvalue weighted by molar-refractivity contribution is 5.89. The van der Waals surface area contributed by atoms with E-state index in [0.29, 0.717) is 5.56 Å². The average molecular weight is 218 g/mol. The summed E-state index contributed by atoms with van der Waals surface area (Å²) in [5.74, 6) is -0.822. The first-order valence-electron chi connectivity index (χ1n) is 4.87. The van der Waals surface area contributed by atoms with Crippen molar-refractivity contribution >= 4 is 11.9 Å². The molecule has 1 aromatic carbocycles. The number of carbonyl (C=O) groups excluding carboxylic acids is 2. The van der Waals surface area contributed by atoms with Crippen LogP contribution >= 0.6 is 0 Å². The second-order valence-corrected chi connectivity index (χ2v) is 3.30. The number of hydrogen-bond donors (Lipinski definition) is 0. The summed E-state index contributed by atoms with van der Waals surface area (Å²) in [6, 6.07) is 8.66. The van der Waals surface area contributed by atoms with Gasteiger partial charge in [-0.3, -0.25) is 0 Å². The highest BCUT2D eigenvalue weighted by Gasteiger charge is 2.18. The van der Waals surface area contributed by atoms with Crippen LogP contribution in [0.25, 0.3) is 0 Å². The van der Waals surface area contributed by atoms with Gasteiger partial charge in [0.05, 0.1) is 5.56 Å². The number of benzene rings is 1. The topological polar surface area (TPSA) is 52.6 Å². The highest BCUT2D eigenvalue weighted by Crippen LogP contribution is 2.07. The van der Waals surface area contributed by atoms with Crippen molar-refractivity contribution in [3.05, 3.63) is 48.0 Å². The number of esters is 2. The highest BCUT2D eigenvalue weighted by atomic mass is 16.6. The molecule has 4 nitrogen and oxygen atoms in total. The molecule has 0 amide bonds. The van der Waals surface area contributed by atoms with Crippen LogP contribution < -0.4 is 0 Å². The minimum Gasteiger partial charge on any atom is -0.458 e. The van der Waals surface area contributed by atoms with E-state index in [1.165, 1.54) is 6.08 Å². The second-order valence-electron chi connectivity index (χ2n) is 3.30. The molecule has 1 atom stereocenters. The zero-order valence-electron chi connectivity index (χ0n) is 8.46. The van der Waals surface area contributed by atoms with E-state index in [1.807, 2.05) is 6.07 Å². The van der Waals surface area contributed by atoms with Gasteiger partial charge in [-0.05, 0) is 18.2 Å². The summed E-state index contributed by atoms with van der Waals surface area (Å²) in [7, 11) is 0. The molecule has 0 aromatic heterocycles. The van der Waals surface area contributed by atoms with E-state index in [4.69, 9.17) is 9.47 Å². The van der Waals surface area contributed by atoms with Crippen molar-refractivity contribution in [2.45, 2.75) is 6.10 Å². The molecular weight excluding hydrogens is 208 g/mol. The fourth-order valence-electron chi connectivity index (χ4n) is 1.32. The monoisotopic (exact) mass is 218 g/mol. The maximum absolute atomic E-state index is 11.5. The molecule has 1 aliphatic heterocycles. The van der Waals surface area contributed by atoms with E-state index in [0.717, 1.165) is 0 Å². The zero-order chi connectivity index (χ0) is 11.4. The molecule has 1 aromatic rings. The maximum Gasteiger partial charge on any atom is 0.338 e. The number of cyclic esters (lactones) is 1. The molecule has 82 valence electrons. The molecule has 0 unspecified atom stereocenters. The Balaban J connectivity index is 1.85. The lowest BCUT2D eigenvalue weighted by molar-refractivity contribution is -0.140. The third-order valence-corrected chi connectivity index (χ3v) is 2.10. The van der Waals surface area contributed by atoms with E-state index >= 15 is 0 Å². The molecule has 4 heteroatoms. The first kappa shape index (κ1) is 10.4. The van der Waals surface area contributed by atoms with Crippen molar-refractivity contribution in [1.29, 1.82) is 0 Å². The van der Waals surface area contributed by atoms with Gasteiger partial charge in [0.2, 0.25) is 0 Å². The molecule has 0 fully saturated rings. The van der Waals surface area contributed by atoms with Crippen molar-refractivity contribution in [3.63, 3.8) is 0 Å². The van der Waals surface area contributed by atoms with Crippen molar-refractivity contribution in [2.24, 2.45) is 0 Å². The van der Waals surface area contributed by atoms with Gasteiger partial charge in [-0.15, -0.1) is 0 Å². The largest absolute Gasteiger partial charge is 0.458 e. The van der Waals surface area contributed by atoms with Crippen LogP contribution in [0.1, 0.15) is 10.4 Å². The summed E-state index contributed by atoms with van der Waals surface area (Å²) in [6.45, 7) is 0.0516. The fourth-order valence-corrected chi connectivity index (χ4v) is 1.32. The first-order chi connectivity index (χ1) is 7.75. The lowest BCUT2D eigenvalue weighted by Gasteiger charge is -2.09. The lowest BCUT2D eigenvalue weighted by atomic mass is 10.2. The van der Waals surface area contributed by atoms with Crippen molar-refractivity contribution in [3.8, 4) is 0 Å². The number of carbonyl (C=O) groups is 2. The van der Waals surface area contributed by atoms with Gasteiger partial charge in [0.25, 0.3) is 0 Å². The summed E-state index contributed by atoms with van der Waals surface area (Å²) in [5.41, 5.74) is 0.482. The smallest absolute Gasteiger partial charge is 0.338 e. The van der Waals surface area contributed by atoms with E-state index in [-0.39, 0.29) is 6.61 Å². The molecular formula is C12H10O4. The molecule has 0 spiro atoms. The molecule has 2 rings (SSSR count). The van der Waals surface area contributed by atoms with Gasteiger partial charge in [0.1, 0.15) is 6.61 Å². The second kappa shape index (κ2) is 4.61. The number of hydrogen-bond acceptors (Lipinski definition) is 4. The molecule has 0 saturated heterocycles. The van der Waals surface area contributed by atoms with Crippen LogP contribution in [0.15, 0.2) is 42.5 Å². The number of ether oxygens (including phenoxy) is 2. The molecule has 0 radical (unpaired) electrons. The lowest BCUT2D eigenvalue weighted by Crippen LogP contribution is -2.18. The first-order valence-corrected chi connectivity index (χ1v) is 4.87. The third-order valence-electron chi connectivity index (χ3n) is 2.10. The van der Waals surface area contributed by atoms with Crippen LogP contribution in [0.5, 0.6) is 0 Å². The molecule has 0 bridgehead atoms. The quantitative estimate of drug-likeness (QED) is 0.718. The Kier molecular flexibility index (Phi) is 3.00. The van der Waals surface area contributed by atoms with Crippen molar-refractivity contribution in [1.82, 2.24) is 0 Å². The van der Waals surface area contributed by atoms with E-state index in [9.17, 15) is 9.59 Å². The Morgan fingerprint density at radius 2 is 2.06 bits per heavy atom. The van der Waals surface area contributed by atoms with Gasteiger partial charge in [0.15, 0.2) is 6.10 Å². The molecule has 1 heterocycles. The van der Waals surface area contributed by atoms with Gasteiger partial charge in [-0.2, -0.15) is 0 Å². The minimum atomic E-state index is -0.458. The van der Waals surface area contributed by atoms with Crippen molar-refractivity contribution in [2.75, 3.05) is 6.61 Å². The van der Waals surface area contributed by atoms with Gasteiger partial charge in [-0.25, -0.2) is 9.59 Å². The summed E-state index contributed by atoms with van der Waals surface area (Å²) < 4.78 is 9.81. The Morgan fingerprint density at radius 1 is 1.31 bits per heavy atom. The average Bonchev–Trinajstić information content (AvgIpc) is 2.73. The predicted molar refractivity (Wildman–Crippen MR) is 55.7 cm³/mol. The Bertz CT molecular complexity index is 422. The molecule has 1 aliphatic rings. The SMILES string of the molecule is O=C1C=C[C@@H](COC(=O)c2ccccc2)O1. The summed E-state index contributed by atoms with van der Waals surface area (Å²) in [6.07, 6.45) is 2.43. The standard InChI is InChI=1S/C12H10O4/c13-11-7-6-10(16-11)8-15-12(14)9-4-2-1-3-5-9/h1-7,10H,8H2/t10-/m0/s1. The Morgan fingerprint density at radius 3 is 2.69 bits per heavy atom. The van der Waals surface area contributed by atoms with Gasteiger partial charge < -0.3 is 9.47 Å². The Labute approximate surface area is 92.5 Å². The van der Waals surface area contributed by atoms with Gasteiger partial charge in [0, 0.05) is 6.08 Å². The Hall–Kier alpha value is -2.10. The van der Waals surface area contributed by atoms with Crippen LogP contribution in [-0.2, 0) is 14.3 Å². The number of rotatable bonds is 3. The maximum atomic E-state index is 11.5.